The normalized spacial score (nSPS) is 12.3. The van der Waals surface area contributed by atoms with E-state index in [2.05, 4.69) is 20.6 Å². The Morgan fingerprint density at radius 1 is 1.40 bits per heavy atom. The Morgan fingerprint density at radius 2 is 2.05 bits per heavy atom. The molecule has 8 heteroatoms. The summed E-state index contributed by atoms with van der Waals surface area (Å²) in [5.41, 5.74) is 0.276. The number of nitrogens with one attached hydrogen (secondary N) is 2. The summed E-state index contributed by atoms with van der Waals surface area (Å²) in [7, 11) is 3.89. The predicted octanol–water partition coefficient (Wildman–Crippen LogP) is 1.49. The van der Waals surface area contributed by atoms with Crippen LogP contribution in [0.25, 0.3) is 0 Å². The molecule has 1 atom stereocenters. The molecule has 0 fully saturated rings. The van der Waals surface area contributed by atoms with Gasteiger partial charge in [0.1, 0.15) is 5.69 Å². The lowest BCUT2D eigenvalue weighted by atomic mass is 10.3. The molecule has 0 aliphatic heterocycles. The van der Waals surface area contributed by atoms with Gasteiger partial charge in [0.15, 0.2) is 0 Å². The first-order valence-electron chi connectivity index (χ1n) is 6.53. The number of hydrogen-bond acceptors (Lipinski definition) is 7. The van der Waals surface area contributed by atoms with E-state index in [0.717, 1.165) is 6.54 Å². The molecule has 1 heterocycles. The number of aryl methyl sites for hydroxylation is 1. The van der Waals surface area contributed by atoms with Crippen LogP contribution in [0, 0.1) is 17.0 Å². The second-order valence-electron chi connectivity index (χ2n) is 4.92. The van der Waals surface area contributed by atoms with Crippen LogP contribution in [0.2, 0.25) is 0 Å². The van der Waals surface area contributed by atoms with E-state index in [-0.39, 0.29) is 17.5 Å². The topological polar surface area (TPSA) is 96.2 Å². The standard InChI is InChI=1S/C12H22N6O2/c1-6-13-12-15-9(3)10(18(19)20)11(16-12)14-8(2)7-17(4)5/h8H,6-7H2,1-5H3,(H2,13,14,15,16). The highest BCUT2D eigenvalue weighted by molar-refractivity contribution is 5.61. The molecule has 0 aliphatic carbocycles. The molecule has 1 unspecified atom stereocenters. The monoisotopic (exact) mass is 282 g/mol. The molecule has 1 rings (SSSR count). The van der Waals surface area contributed by atoms with Gasteiger partial charge >= 0.3 is 5.69 Å². The minimum atomic E-state index is -0.449. The fourth-order valence-corrected chi connectivity index (χ4v) is 1.95. The largest absolute Gasteiger partial charge is 0.360 e. The molecule has 0 aliphatic rings. The highest BCUT2D eigenvalue weighted by atomic mass is 16.6. The second-order valence-corrected chi connectivity index (χ2v) is 4.92. The molecule has 8 nitrogen and oxygen atoms in total. The van der Waals surface area contributed by atoms with E-state index in [9.17, 15) is 10.1 Å². The molecule has 0 spiro atoms. The zero-order valence-electron chi connectivity index (χ0n) is 12.6. The lowest BCUT2D eigenvalue weighted by Crippen LogP contribution is -2.30. The molecule has 0 radical (unpaired) electrons. The number of hydrogen-bond donors (Lipinski definition) is 2. The van der Waals surface area contributed by atoms with Gasteiger partial charge in [0, 0.05) is 19.1 Å². The van der Waals surface area contributed by atoms with E-state index in [1.165, 1.54) is 0 Å². The van der Waals surface area contributed by atoms with Crippen LogP contribution in [0.1, 0.15) is 19.5 Å². The SMILES string of the molecule is CCNc1nc(C)c([N+](=O)[O-])c(NC(C)CN(C)C)n1. The molecular formula is C12H22N6O2. The summed E-state index contributed by atoms with van der Waals surface area (Å²) in [6, 6.07) is 0.0347. The van der Waals surface area contributed by atoms with Crippen molar-refractivity contribution < 1.29 is 4.92 Å². The first-order valence-corrected chi connectivity index (χ1v) is 6.53. The molecule has 0 amide bonds. The smallest absolute Gasteiger partial charge is 0.332 e. The van der Waals surface area contributed by atoms with Crippen LogP contribution in [0.4, 0.5) is 17.5 Å². The van der Waals surface area contributed by atoms with Crippen molar-refractivity contribution in [3.8, 4) is 0 Å². The van der Waals surface area contributed by atoms with Crippen molar-refractivity contribution in [2.45, 2.75) is 26.8 Å². The first-order chi connectivity index (χ1) is 9.35. The molecule has 20 heavy (non-hydrogen) atoms. The van der Waals surface area contributed by atoms with Gasteiger partial charge in [-0.05, 0) is 34.9 Å². The first kappa shape index (κ1) is 16.1. The van der Waals surface area contributed by atoms with Crippen molar-refractivity contribution in [1.29, 1.82) is 0 Å². The van der Waals surface area contributed by atoms with Gasteiger partial charge < -0.3 is 15.5 Å². The highest BCUT2D eigenvalue weighted by Crippen LogP contribution is 2.27. The Hall–Kier alpha value is -1.96. The molecule has 112 valence electrons. The average Bonchev–Trinajstić information content (AvgIpc) is 2.26. The molecule has 0 saturated carbocycles. The summed E-state index contributed by atoms with van der Waals surface area (Å²) in [6.07, 6.45) is 0. The Balaban J connectivity index is 3.09. The number of nitro groups is 1. The number of rotatable bonds is 7. The van der Waals surface area contributed by atoms with E-state index in [1.807, 2.05) is 32.8 Å². The van der Waals surface area contributed by atoms with Crippen molar-refractivity contribution in [1.82, 2.24) is 14.9 Å². The van der Waals surface area contributed by atoms with Crippen molar-refractivity contribution in [3.05, 3.63) is 15.8 Å². The molecule has 0 aromatic carbocycles. The Morgan fingerprint density at radius 3 is 2.55 bits per heavy atom. The maximum atomic E-state index is 11.2. The average molecular weight is 282 g/mol. The molecule has 2 N–H and O–H groups in total. The number of likely N-dealkylation sites (N-methyl/N-ethyl adjacent to an activating group) is 1. The number of nitrogens with zero attached hydrogens (tertiary/aromatic N) is 4. The van der Waals surface area contributed by atoms with E-state index in [4.69, 9.17) is 0 Å². The van der Waals surface area contributed by atoms with E-state index >= 15 is 0 Å². The third-order valence-electron chi connectivity index (χ3n) is 2.60. The number of anilines is 2. The third-order valence-corrected chi connectivity index (χ3v) is 2.60. The Bertz CT molecular complexity index is 477. The van der Waals surface area contributed by atoms with Crippen molar-refractivity contribution in [3.63, 3.8) is 0 Å². The van der Waals surface area contributed by atoms with Crippen molar-refractivity contribution in [2.24, 2.45) is 0 Å². The maximum absolute atomic E-state index is 11.2. The van der Waals surface area contributed by atoms with Crippen LogP contribution in [0.5, 0.6) is 0 Å². The summed E-state index contributed by atoms with van der Waals surface area (Å²) < 4.78 is 0. The van der Waals surface area contributed by atoms with Crippen LogP contribution in [0.3, 0.4) is 0 Å². The quantitative estimate of drug-likeness (QED) is 0.577. The summed E-state index contributed by atoms with van der Waals surface area (Å²) >= 11 is 0. The van der Waals surface area contributed by atoms with Gasteiger partial charge in [-0.3, -0.25) is 10.1 Å². The zero-order valence-corrected chi connectivity index (χ0v) is 12.6. The molecule has 1 aromatic rings. The van der Waals surface area contributed by atoms with Gasteiger partial charge in [0.2, 0.25) is 11.8 Å². The molecular weight excluding hydrogens is 260 g/mol. The fourth-order valence-electron chi connectivity index (χ4n) is 1.95. The summed E-state index contributed by atoms with van der Waals surface area (Å²) in [6.45, 7) is 6.89. The van der Waals surface area contributed by atoms with E-state index < -0.39 is 4.92 Å². The van der Waals surface area contributed by atoms with Gasteiger partial charge in [-0.1, -0.05) is 0 Å². The van der Waals surface area contributed by atoms with Gasteiger partial charge in [0.05, 0.1) is 4.92 Å². The van der Waals surface area contributed by atoms with Crippen LogP contribution >= 0.6 is 0 Å². The molecule has 1 aromatic heterocycles. The maximum Gasteiger partial charge on any atom is 0.332 e. The molecule has 0 bridgehead atoms. The van der Waals surface area contributed by atoms with Gasteiger partial charge in [0.25, 0.3) is 0 Å². The minimum absolute atomic E-state index is 0.0347. The van der Waals surface area contributed by atoms with Crippen LogP contribution < -0.4 is 10.6 Å². The van der Waals surface area contributed by atoms with Crippen LogP contribution in [-0.4, -0.2) is 53.0 Å². The lowest BCUT2D eigenvalue weighted by molar-refractivity contribution is -0.385. The zero-order chi connectivity index (χ0) is 15.3. The van der Waals surface area contributed by atoms with Gasteiger partial charge in [-0.25, -0.2) is 4.98 Å². The van der Waals surface area contributed by atoms with Crippen molar-refractivity contribution >= 4 is 17.5 Å². The second kappa shape index (κ2) is 6.99. The summed E-state index contributed by atoms with van der Waals surface area (Å²) in [5.74, 6) is 0.656. The van der Waals surface area contributed by atoms with E-state index in [1.54, 1.807) is 6.92 Å². The third kappa shape index (κ3) is 4.30. The van der Waals surface area contributed by atoms with Crippen LogP contribution in [0.15, 0.2) is 0 Å². The lowest BCUT2D eigenvalue weighted by Gasteiger charge is -2.19. The van der Waals surface area contributed by atoms with Gasteiger partial charge in [-0.2, -0.15) is 4.98 Å². The molecule has 0 saturated heterocycles. The van der Waals surface area contributed by atoms with Crippen LogP contribution in [-0.2, 0) is 0 Å². The Labute approximate surface area is 118 Å². The van der Waals surface area contributed by atoms with E-state index in [0.29, 0.717) is 18.2 Å². The minimum Gasteiger partial charge on any atom is -0.360 e. The van der Waals surface area contributed by atoms with Gasteiger partial charge in [-0.15, -0.1) is 0 Å². The number of aromatic nitrogens is 2. The van der Waals surface area contributed by atoms with Crippen molar-refractivity contribution in [2.75, 3.05) is 37.8 Å². The summed E-state index contributed by atoms with van der Waals surface area (Å²) in [4.78, 5) is 21.0. The fraction of sp³-hybridized carbons (Fsp3) is 0.667. The highest BCUT2D eigenvalue weighted by Gasteiger charge is 2.23. The summed E-state index contributed by atoms with van der Waals surface area (Å²) in [5, 5.41) is 17.2. The predicted molar refractivity (Wildman–Crippen MR) is 79.2 cm³/mol. The Kier molecular flexibility index (Phi) is 5.63.